The number of rotatable bonds is 8. The van der Waals surface area contributed by atoms with E-state index in [1.807, 2.05) is 54.2 Å². The van der Waals surface area contributed by atoms with Crippen molar-refractivity contribution in [1.29, 1.82) is 0 Å². The smallest absolute Gasteiger partial charge is 0.248 e. The Hall–Kier alpha value is -4.44. The van der Waals surface area contributed by atoms with Crippen LogP contribution in [0.1, 0.15) is 32.3 Å². The van der Waals surface area contributed by atoms with Gasteiger partial charge in [0, 0.05) is 36.0 Å². The lowest BCUT2D eigenvalue weighted by Gasteiger charge is -2.43. The second-order valence-corrected chi connectivity index (χ2v) is 10.4. The van der Waals surface area contributed by atoms with Crippen LogP contribution in [0.4, 0.5) is 5.82 Å². The summed E-state index contributed by atoms with van der Waals surface area (Å²) in [5.74, 6) is 1.29. The molecule has 10 nitrogen and oxygen atoms in total. The molecule has 0 saturated carbocycles. The van der Waals surface area contributed by atoms with E-state index in [-0.39, 0.29) is 5.91 Å². The number of carbonyl (C=O) groups is 1. The highest BCUT2D eigenvalue weighted by Gasteiger charge is 2.37. The van der Waals surface area contributed by atoms with E-state index in [0.717, 1.165) is 70.7 Å². The summed E-state index contributed by atoms with van der Waals surface area (Å²) in [4.78, 5) is 19.6. The zero-order chi connectivity index (χ0) is 27.7. The topological polar surface area (TPSA) is 121 Å². The first kappa shape index (κ1) is 25.8. The normalized spacial score (nSPS) is 15.8. The van der Waals surface area contributed by atoms with Crippen LogP contribution in [0.5, 0.6) is 5.75 Å². The minimum absolute atomic E-state index is 0.334. The largest absolute Gasteiger partial charge is 0.492 e. The zero-order valence-electron chi connectivity index (χ0n) is 22.7. The van der Waals surface area contributed by atoms with Crippen molar-refractivity contribution < 1.29 is 14.6 Å². The number of carbonyl (C=O) groups excluding carboxylic acids is 1. The van der Waals surface area contributed by atoms with E-state index < -0.39 is 11.6 Å². The lowest BCUT2D eigenvalue weighted by atomic mass is 9.81. The Bertz CT molecular complexity index is 1620. The predicted molar refractivity (Wildman–Crippen MR) is 153 cm³/mol. The van der Waals surface area contributed by atoms with Gasteiger partial charge in [-0.2, -0.15) is 5.10 Å². The molecule has 40 heavy (non-hydrogen) atoms. The molecule has 1 atom stereocenters. The first-order chi connectivity index (χ1) is 19.4. The number of aliphatic hydroxyl groups excluding tert-OH is 1. The number of ether oxygens (including phenoxy) is 1. The van der Waals surface area contributed by atoms with E-state index >= 15 is 0 Å². The summed E-state index contributed by atoms with van der Waals surface area (Å²) >= 11 is 0. The van der Waals surface area contributed by atoms with E-state index in [0.29, 0.717) is 13.0 Å². The predicted octanol–water partition coefficient (Wildman–Crippen LogP) is 3.75. The van der Waals surface area contributed by atoms with Crippen LogP contribution in [0.3, 0.4) is 0 Å². The van der Waals surface area contributed by atoms with E-state index in [1.165, 1.54) is 6.92 Å². The van der Waals surface area contributed by atoms with Crippen molar-refractivity contribution in [2.75, 3.05) is 24.6 Å². The van der Waals surface area contributed by atoms with Gasteiger partial charge in [-0.15, -0.1) is 5.10 Å². The fourth-order valence-corrected chi connectivity index (χ4v) is 5.60. The number of aliphatic hydroxyl groups is 1. The van der Waals surface area contributed by atoms with Gasteiger partial charge in [-0.05, 0) is 56.9 Å². The molecule has 0 spiro atoms. The van der Waals surface area contributed by atoms with Gasteiger partial charge in [-0.25, -0.2) is 9.50 Å². The highest BCUT2D eigenvalue weighted by atomic mass is 16.5. The SMILES string of the molecule is CCOc1cc(-c2ccc(N3CCC(Cc4ccccc4)(NC(=O)[C@H](C)O)CC3)nc2)c2c3cn[nH]c3nn2c1. The van der Waals surface area contributed by atoms with Crippen molar-refractivity contribution in [3.8, 4) is 16.9 Å². The first-order valence-electron chi connectivity index (χ1n) is 13.7. The number of nitrogens with zero attached hydrogens (tertiary/aromatic N) is 5. The van der Waals surface area contributed by atoms with Gasteiger partial charge in [-0.3, -0.25) is 9.89 Å². The number of aromatic nitrogens is 5. The average Bonchev–Trinajstić information content (AvgIpc) is 3.55. The molecule has 4 aromatic heterocycles. The van der Waals surface area contributed by atoms with Crippen LogP contribution in [0.25, 0.3) is 27.7 Å². The first-order valence-corrected chi connectivity index (χ1v) is 13.7. The standard InChI is InChI=1S/C30H33N7O3/c1-3-40-23-15-24(27-25-18-32-34-28(25)35-37(27)19-23)22-9-10-26(31-17-22)36-13-11-30(12-14-36,33-29(39)20(2)38)16-21-7-5-4-6-8-21/h4-10,15,17-20,38H,3,11-14,16H2,1-2H3,(H,33,39)(H,34,35)/t20-/m0/s1. The fourth-order valence-electron chi connectivity index (χ4n) is 5.60. The Kier molecular flexibility index (Phi) is 6.85. The van der Waals surface area contributed by atoms with Crippen molar-refractivity contribution in [3.05, 3.63) is 72.7 Å². The van der Waals surface area contributed by atoms with Crippen LogP contribution in [0.15, 0.2) is 67.1 Å². The number of anilines is 1. The number of benzene rings is 1. The molecule has 5 heterocycles. The summed E-state index contributed by atoms with van der Waals surface area (Å²) in [5, 5.41) is 25.7. The maximum Gasteiger partial charge on any atom is 0.248 e. The van der Waals surface area contributed by atoms with Crippen LogP contribution >= 0.6 is 0 Å². The summed E-state index contributed by atoms with van der Waals surface area (Å²) in [7, 11) is 0. The molecule has 1 amide bonds. The summed E-state index contributed by atoms with van der Waals surface area (Å²) in [6.45, 7) is 5.50. The third-order valence-electron chi connectivity index (χ3n) is 7.67. The highest BCUT2D eigenvalue weighted by Crippen LogP contribution is 2.34. The minimum Gasteiger partial charge on any atom is -0.492 e. The Balaban J connectivity index is 1.24. The molecule has 1 saturated heterocycles. The van der Waals surface area contributed by atoms with Crippen molar-refractivity contribution in [1.82, 2.24) is 30.1 Å². The van der Waals surface area contributed by atoms with Gasteiger partial charge in [0.15, 0.2) is 5.65 Å². The number of piperidine rings is 1. The summed E-state index contributed by atoms with van der Waals surface area (Å²) in [6, 6.07) is 16.3. The molecule has 0 radical (unpaired) electrons. The Morgan fingerprint density at radius 2 is 1.98 bits per heavy atom. The lowest BCUT2D eigenvalue weighted by molar-refractivity contribution is -0.130. The van der Waals surface area contributed by atoms with Gasteiger partial charge < -0.3 is 20.1 Å². The lowest BCUT2D eigenvalue weighted by Crippen LogP contribution is -2.58. The summed E-state index contributed by atoms with van der Waals surface area (Å²) in [6.07, 6.45) is 6.71. The van der Waals surface area contributed by atoms with Crippen LogP contribution in [-0.2, 0) is 11.2 Å². The minimum atomic E-state index is -1.05. The number of hydrogen-bond donors (Lipinski definition) is 3. The summed E-state index contributed by atoms with van der Waals surface area (Å²) in [5.41, 5.74) is 4.33. The fraction of sp³-hybridized carbons (Fsp3) is 0.333. The van der Waals surface area contributed by atoms with Gasteiger partial charge in [0.1, 0.15) is 17.7 Å². The van der Waals surface area contributed by atoms with E-state index in [9.17, 15) is 9.90 Å². The molecule has 1 aliphatic heterocycles. The molecular weight excluding hydrogens is 506 g/mol. The van der Waals surface area contributed by atoms with Gasteiger partial charge in [0.25, 0.3) is 0 Å². The molecule has 0 unspecified atom stereocenters. The molecule has 1 fully saturated rings. The van der Waals surface area contributed by atoms with Crippen LogP contribution < -0.4 is 15.0 Å². The molecule has 10 heteroatoms. The third kappa shape index (κ3) is 4.98. The maximum absolute atomic E-state index is 12.5. The third-order valence-corrected chi connectivity index (χ3v) is 7.67. The van der Waals surface area contributed by atoms with Gasteiger partial charge >= 0.3 is 0 Å². The number of amides is 1. The van der Waals surface area contributed by atoms with Crippen molar-refractivity contribution >= 4 is 28.3 Å². The van der Waals surface area contributed by atoms with Gasteiger partial charge in [0.2, 0.25) is 5.91 Å². The highest BCUT2D eigenvalue weighted by molar-refractivity contribution is 6.00. The number of hydrogen-bond acceptors (Lipinski definition) is 7. The molecule has 6 rings (SSSR count). The Morgan fingerprint density at radius 1 is 1.18 bits per heavy atom. The Morgan fingerprint density at radius 3 is 2.67 bits per heavy atom. The molecule has 5 aromatic rings. The number of nitrogens with one attached hydrogen (secondary N) is 2. The van der Waals surface area contributed by atoms with Gasteiger partial charge in [-0.1, -0.05) is 30.3 Å². The molecule has 1 aromatic carbocycles. The van der Waals surface area contributed by atoms with Crippen molar-refractivity contribution in [2.24, 2.45) is 0 Å². The number of aromatic amines is 1. The van der Waals surface area contributed by atoms with Crippen molar-refractivity contribution in [2.45, 2.75) is 44.8 Å². The molecule has 206 valence electrons. The zero-order valence-corrected chi connectivity index (χ0v) is 22.7. The number of fused-ring (bicyclic) bond motifs is 3. The molecular formula is C30H33N7O3. The monoisotopic (exact) mass is 539 g/mol. The average molecular weight is 540 g/mol. The van der Waals surface area contributed by atoms with E-state index in [4.69, 9.17) is 9.72 Å². The number of H-pyrrole nitrogens is 1. The molecule has 1 aliphatic rings. The Labute approximate surface area is 232 Å². The molecule has 0 bridgehead atoms. The van der Waals surface area contributed by atoms with Crippen molar-refractivity contribution in [3.63, 3.8) is 0 Å². The quantitative estimate of drug-likeness (QED) is 0.275. The van der Waals surface area contributed by atoms with E-state index in [2.05, 4.69) is 43.7 Å². The number of pyridine rings is 2. The second kappa shape index (κ2) is 10.6. The van der Waals surface area contributed by atoms with Crippen LogP contribution in [0, 0.1) is 0 Å². The van der Waals surface area contributed by atoms with Crippen LogP contribution in [-0.4, -0.2) is 67.1 Å². The van der Waals surface area contributed by atoms with Crippen LogP contribution in [0.2, 0.25) is 0 Å². The molecule has 3 N–H and O–H groups in total. The van der Waals surface area contributed by atoms with Gasteiger partial charge in [0.05, 0.1) is 29.9 Å². The maximum atomic E-state index is 12.5. The summed E-state index contributed by atoms with van der Waals surface area (Å²) < 4.78 is 7.64. The molecule has 0 aliphatic carbocycles. The van der Waals surface area contributed by atoms with E-state index in [1.54, 1.807) is 6.20 Å². The second-order valence-electron chi connectivity index (χ2n) is 10.4.